The Balaban J connectivity index is 1.95. The lowest BCUT2D eigenvalue weighted by molar-refractivity contribution is -0.0375. The van der Waals surface area contributed by atoms with Gasteiger partial charge in [-0.15, -0.1) is 11.3 Å². The highest BCUT2D eigenvalue weighted by atomic mass is 79.9. The van der Waals surface area contributed by atoms with Crippen LogP contribution in [0.5, 0.6) is 5.75 Å². The monoisotopic (exact) mass is 390 g/mol. The van der Waals surface area contributed by atoms with Crippen molar-refractivity contribution >= 4 is 37.4 Å². The maximum atomic E-state index is 14.0. The van der Waals surface area contributed by atoms with Crippen molar-refractivity contribution in [1.82, 2.24) is 9.88 Å². The van der Waals surface area contributed by atoms with Crippen LogP contribution < -0.4 is 10.3 Å². The lowest BCUT2D eigenvalue weighted by Gasteiger charge is -2.31. The molecule has 118 valence electrons. The van der Waals surface area contributed by atoms with E-state index in [1.54, 1.807) is 0 Å². The Morgan fingerprint density at radius 1 is 1.41 bits per heavy atom. The van der Waals surface area contributed by atoms with Crippen LogP contribution in [-0.2, 0) is 13.0 Å². The number of ether oxygens (including phenoxy) is 1. The van der Waals surface area contributed by atoms with E-state index in [0.717, 1.165) is 19.5 Å². The number of H-pyrrole nitrogens is 1. The van der Waals surface area contributed by atoms with Gasteiger partial charge in [0.1, 0.15) is 8.49 Å². The summed E-state index contributed by atoms with van der Waals surface area (Å²) >= 11 is 4.56. The quantitative estimate of drug-likeness (QED) is 0.856. The highest BCUT2D eigenvalue weighted by Crippen LogP contribution is 2.46. The second kappa shape index (κ2) is 5.01. The number of hydrogen-bond acceptors (Lipinski definition) is 4. The maximum absolute atomic E-state index is 14.0. The molecule has 2 aromatic heterocycles. The third kappa shape index (κ3) is 2.28. The van der Waals surface area contributed by atoms with Crippen molar-refractivity contribution in [3.8, 4) is 5.75 Å². The van der Waals surface area contributed by atoms with Crippen molar-refractivity contribution < 1.29 is 13.5 Å². The number of aromatic amines is 1. The minimum absolute atomic E-state index is 0.236. The fourth-order valence-electron chi connectivity index (χ4n) is 2.95. The summed E-state index contributed by atoms with van der Waals surface area (Å²) in [6.45, 7) is 1.71. The van der Waals surface area contributed by atoms with Crippen LogP contribution in [0, 0.1) is 0 Å². The maximum Gasteiger partial charge on any atom is 0.285 e. The number of alkyl halides is 2. The molecule has 2 aromatic rings. The fraction of sp³-hybridized carbons (Fsp3) is 0.500. The highest BCUT2D eigenvalue weighted by Gasteiger charge is 2.38. The van der Waals surface area contributed by atoms with Gasteiger partial charge in [-0.05, 0) is 41.0 Å². The Kier molecular flexibility index (Phi) is 3.32. The lowest BCUT2D eigenvalue weighted by Crippen LogP contribution is -2.37. The van der Waals surface area contributed by atoms with Gasteiger partial charge in [0, 0.05) is 24.0 Å². The number of rotatable bonds is 2. The Hall–Kier alpha value is -0.990. The molecule has 4 rings (SSSR count). The third-order valence-electron chi connectivity index (χ3n) is 4.15. The molecular weight excluding hydrogens is 378 g/mol. The summed E-state index contributed by atoms with van der Waals surface area (Å²) in [5.74, 6) is -2.56. The van der Waals surface area contributed by atoms with Gasteiger partial charge in [-0.2, -0.15) is 0 Å². The van der Waals surface area contributed by atoms with E-state index in [2.05, 4.69) is 25.8 Å². The molecule has 1 saturated heterocycles. The smallest absolute Gasteiger partial charge is 0.285 e. The standard InChI is InChI=1S/C14H13BrF2N2O2S/c15-12-10-9-7(4-14(16,17)6-21-10)8(5-19-2-1-3-19)18-13(20)11(9)22-12/h1-6H2,(H,18,20). The second-order valence-electron chi connectivity index (χ2n) is 5.77. The number of thiophene rings is 1. The van der Waals surface area contributed by atoms with Gasteiger partial charge < -0.3 is 9.72 Å². The van der Waals surface area contributed by atoms with Gasteiger partial charge in [0.05, 0.1) is 0 Å². The summed E-state index contributed by atoms with van der Waals surface area (Å²) in [7, 11) is 0. The zero-order valence-corrected chi connectivity index (χ0v) is 14.0. The molecule has 22 heavy (non-hydrogen) atoms. The average Bonchev–Trinajstić information content (AvgIpc) is 2.65. The number of nitrogens with zero attached hydrogens (tertiary/aromatic N) is 1. The first-order chi connectivity index (χ1) is 10.4. The molecule has 0 unspecified atom stereocenters. The number of pyridine rings is 1. The molecule has 0 aromatic carbocycles. The number of nitrogens with one attached hydrogen (secondary N) is 1. The first-order valence-corrected chi connectivity index (χ1v) is 8.64. The van der Waals surface area contributed by atoms with Gasteiger partial charge in [0.25, 0.3) is 11.5 Å². The minimum atomic E-state index is -2.94. The van der Waals surface area contributed by atoms with Crippen molar-refractivity contribution in [2.45, 2.75) is 25.3 Å². The van der Waals surface area contributed by atoms with E-state index < -0.39 is 19.0 Å². The van der Waals surface area contributed by atoms with Crippen molar-refractivity contribution in [3.05, 3.63) is 25.4 Å². The van der Waals surface area contributed by atoms with E-state index in [1.807, 2.05) is 0 Å². The number of likely N-dealkylation sites (tertiary alicyclic amines) is 1. The Morgan fingerprint density at radius 3 is 2.86 bits per heavy atom. The summed E-state index contributed by atoms with van der Waals surface area (Å²) in [6.07, 6.45) is 0.704. The van der Waals surface area contributed by atoms with Crippen molar-refractivity contribution in [2.24, 2.45) is 0 Å². The molecule has 0 radical (unpaired) electrons. The molecule has 0 spiro atoms. The first kappa shape index (κ1) is 14.6. The largest absolute Gasteiger partial charge is 0.485 e. The topological polar surface area (TPSA) is 45.3 Å². The van der Waals surface area contributed by atoms with Gasteiger partial charge >= 0.3 is 0 Å². The summed E-state index contributed by atoms with van der Waals surface area (Å²) in [4.78, 5) is 17.2. The molecule has 0 atom stereocenters. The Morgan fingerprint density at radius 2 is 2.18 bits per heavy atom. The van der Waals surface area contributed by atoms with E-state index in [-0.39, 0.29) is 5.56 Å². The molecule has 1 N–H and O–H groups in total. The van der Waals surface area contributed by atoms with Crippen molar-refractivity contribution in [1.29, 1.82) is 0 Å². The number of hydrogen-bond donors (Lipinski definition) is 1. The molecular formula is C14H13BrF2N2O2S. The van der Waals surface area contributed by atoms with E-state index in [0.29, 0.717) is 37.4 Å². The van der Waals surface area contributed by atoms with Crippen LogP contribution in [0.25, 0.3) is 10.1 Å². The number of aromatic nitrogens is 1. The predicted octanol–water partition coefficient (Wildman–Crippen LogP) is 3.13. The first-order valence-electron chi connectivity index (χ1n) is 7.04. The van der Waals surface area contributed by atoms with Gasteiger partial charge in [0.2, 0.25) is 0 Å². The summed E-state index contributed by atoms with van der Waals surface area (Å²) in [5.41, 5.74) is 0.870. The third-order valence-corrected chi connectivity index (χ3v) is 5.96. The van der Waals surface area contributed by atoms with Crippen LogP contribution in [0.1, 0.15) is 17.7 Å². The van der Waals surface area contributed by atoms with Crippen LogP contribution >= 0.6 is 27.3 Å². The molecule has 0 saturated carbocycles. The van der Waals surface area contributed by atoms with Crippen molar-refractivity contribution in [3.63, 3.8) is 0 Å². The molecule has 0 amide bonds. The fourth-order valence-corrected chi connectivity index (χ4v) is 4.65. The van der Waals surface area contributed by atoms with E-state index in [4.69, 9.17) is 4.74 Å². The van der Waals surface area contributed by atoms with E-state index in [9.17, 15) is 13.6 Å². The molecule has 4 heterocycles. The summed E-state index contributed by atoms with van der Waals surface area (Å²) in [5, 5.41) is 0.549. The van der Waals surface area contributed by atoms with Gasteiger partial charge in [-0.3, -0.25) is 9.69 Å². The molecule has 2 aliphatic heterocycles. The van der Waals surface area contributed by atoms with Crippen LogP contribution in [0.2, 0.25) is 0 Å². The normalized spacial score (nSPS) is 20.5. The lowest BCUT2D eigenvalue weighted by atomic mass is 10.0. The van der Waals surface area contributed by atoms with Gasteiger partial charge in [-0.1, -0.05) is 0 Å². The molecule has 1 fully saturated rings. The second-order valence-corrected chi connectivity index (χ2v) is 8.11. The SMILES string of the molecule is O=c1[nH]c(CN2CCC2)c2c3c(c(Br)sc13)OCC(F)(F)C2. The van der Waals surface area contributed by atoms with Crippen LogP contribution in [0.3, 0.4) is 0 Å². The number of halogens is 3. The zero-order chi connectivity index (χ0) is 15.5. The van der Waals surface area contributed by atoms with E-state index >= 15 is 0 Å². The van der Waals surface area contributed by atoms with Crippen LogP contribution in [0.4, 0.5) is 8.78 Å². The molecule has 0 aliphatic carbocycles. The average molecular weight is 391 g/mol. The highest BCUT2D eigenvalue weighted by molar-refractivity contribution is 9.11. The minimum Gasteiger partial charge on any atom is -0.485 e. The molecule has 4 nitrogen and oxygen atoms in total. The molecule has 2 aliphatic rings. The molecule has 0 bridgehead atoms. The van der Waals surface area contributed by atoms with Gasteiger partial charge in [0.15, 0.2) is 12.4 Å². The van der Waals surface area contributed by atoms with Gasteiger partial charge in [-0.25, -0.2) is 8.78 Å². The predicted molar refractivity (Wildman–Crippen MR) is 84.2 cm³/mol. The van der Waals surface area contributed by atoms with Crippen LogP contribution in [0.15, 0.2) is 8.58 Å². The summed E-state index contributed by atoms with van der Waals surface area (Å²) < 4.78 is 34.4. The summed E-state index contributed by atoms with van der Waals surface area (Å²) in [6, 6.07) is 0. The zero-order valence-electron chi connectivity index (χ0n) is 11.5. The Bertz CT molecular complexity index is 813. The van der Waals surface area contributed by atoms with E-state index in [1.165, 1.54) is 11.3 Å². The van der Waals surface area contributed by atoms with Crippen LogP contribution in [-0.4, -0.2) is 35.5 Å². The molecule has 8 heteroatoms. The van der Waals surface area contributed by atoms with Crippen molar-refractivity contribution in [2.75, 3.05) is 19.7 Å². The Labute approximate surface area is 137 Å².